The average molecular weight is 361 g/mol. The van der Waals surface area contributed by atoms with Crippen LogP contribution in [0.1, 0.15) is 11.3 Å². The molecule has 0 unspecified atom stereocenters. The van der Waals surface area contributed by atoms with Gasteiger partial charge in [-0.15, -0.1) is 0 Å². The van der Waals surface area contributed by atoms with Crippen LogP contribution in [0.5, 0.6) is 0 Å². The molecule has 4 nitrogen and oxygen atoms in total. The van der Waals surface area contributed by atoms with Crippen molar-refractivity contribution >= 4 is 21.6 Å². The highest BCUT2D eigenvalue weighted by Crippen LogP contribution is 2.26. The second kappa shape index (κ2) is 6.43. The van der Waals surface area contributed by atoms with Gasteiger partial charge in [0, 0.05) is 23.0 Å². The van der Waals surface area contributed by atoms with Crippen LogP contribution >= 0.6 is 11.6 Å². The molecule has 24 heavy (non-hydrogen) atoms. The summed E-state index contributed by atoms with van der Waals surface area (Å²) in [7, 11) is -3.67. The first-order chi connectivity index (χ1) is 11.3. The third kappa shape index (κ3) is 3.53. The van der Waals surface area contributed by atoms with Crippen molar-refractivity contribution in [1.29, 1.82) is 0 Å². The van der Waals surface area contributed by atoms with Gasteiger partial charge in [0.1, 0.15) is 0 Å². The smallest absolute Gasteiger partial charge is 0.238 e. The maximum atomic E-state index is 11.3. The Kier molecular flexibility index (Phi) is 4.49. The lowest BCUT2D eigenvalue weighted by Crippen LogP contribution is -2.12. The summed E-state index contributed by atoms with van der Waals surface area (Å²) in [6.07, 6.45) is 0. The van der Waals surface area contributed by atoms with E-state index in [0.29, 0.717) is 11.6 Å². The van der Waals surface area contributed by atoms with Crippen molar-refractivity contribution in [3.63, 3.8) is 0 Å². The van der Waals surface area contributed by atoms with Crippen LogP contribution in [0.15, 0.2) is 65.6 Å². The van der Waals surface area contributed by atoms with E-state index in [2.05, 4.69) is 16.7 Å². The van der Waals surface area contributed by atoms with Crippen LogP contribution in [0.25, 0.3) is 11.3 Å². The number of benzene rings is 2. The highest BCUT2D eigenvalue weighted by Gasteiger charge is 2.10. The highest BCUT2D eigenvalue weighted by atomic mass is 35.5. The Morgan fingerprint density at radius 1 is 1.04 bits per heavy atom. The maximum absolute atomic E-state index is 11.3. The van der Waals surface area contributed by atoms with E-state index in [4.69, 9.17) is 16.7 Å². The molecule has 1 aromatic heterocycles. The van der Waals surface area contributed by atoms with Crippen LogP contribution in [0, 0.1) is 6.92 Å². The molecule has 3 aromatic rings. The van der Waals surface area contributed by atoms with Crippen LogP contribution < -0.4 is 5.14 Å². The fraction of sp³-hybridized carbons (Fsp3) is 0.111. The summed E-state index contributed by atoms with van der Waals surface area (Å²) in [6, 6.07) is 18.4. The Hall–Kier alpha value is -2.08. The van der Waals surface area contributed by atoms with Crippen molar-refractivity contribution in [2.75, 3.05) is 0 Å². The van der Waals surface area contributed by atoms with Gasteiger partial charge in [-0.2, -0.15) is 0 Å². The number of aromatic nitrogens is 1. The van der Waals surface area contributed by atoms with Crippen LogP contribution in [-0.2, 0) is 16.6 Å². The molecule has 1 heterocycles. The predicted octanol–water partition coefficient (Wildman–Crippen LogP) is 3.81. The van der Waals surface area contributed by atoms with Gasteiger partial charge in [-0.1, -0.05) is 35.9 Å². The highest BCUT2D eigenvalue weighted by molar-refractivity contribution is 7.89. The molecular weight excluding hydrogens is 344 g/mol. The number of aryl methyl sites for hydroxylation is 1. The van der Waals surface area contributed by atoms with Gasteiger partial charge in [-0.3, -0.25) is 0 Å². The molecule has 0 amide bonds. The van der Waals surface area contributed by atoms with Crippen LogP contribution in [0.2, 0.25) is 5.02 Å². The largest absolute Gasteiger partial charge is 0.340 e. The van der Waals surface area contributed by atoms with E-state index in [1.165, 1.54) is 12.1 Å². The third-order valence-corrected chi connectivity index (χ3v) is 5.08. The first-order valence-corrected chi connectivity index (χ1v) is 9.31. The minimum atomic E-state index is -3.67. The fourth-order valence-electron chi connectivity index (χ4n) is 2.65. The van der Waals surface area contributed by atoms with E-state index >= 15 is 0 Å². The summed E-state index contributed by atoms with van der Waals surface area (Å²) >= 11 is 6.10. The van der Waals surface area contributed by atoms with Crippen LogP contribution in [0.4, 0.5) is 0 Å². The molecule has 0 bridgehead atoms. The number of halogens is 1. The summed E-state index contributed by atoms with van der Waals surface area (Å²) < 4.78 is 24.9. The number of hydrogen-bond acceptors (Lipinski definition) is 2. The van der Waals surface area contributed by atoms with E-state index in [0.717, 1.165) is 22.5 Å². The normalized spacial score (nSPS) is 11.6. The number of primary sulfonamides is 1. The summed E-state index contributed by atoms with van der Waals surface area (Å²) in [5.41, 5.74) is 4.20. The van der Waals surface area contributed by atoms with Gasteiger partial charge >= 0.3 is 0 Å². The molecule has 0 aliphatic heterocycles. The summed E-state index contributed by atoms with van der Waals surface area (Å²) in [6.45, 7) is 2.67. The molecule has 2 N–H and O–H groups in total. The molecule has 0 fully saturated rings. The summed E-state index contributed by atoms with van der Waals surface area (Å²) in [4.78, 5) is 0.116. The van der Waals surface area contributed by atoms with Crippen molar-refractivity contribution in [3.05, 3.63) is 76.9 Å². The van der Waals surface area contributed by atoms with E-state index in [1.807, 2.05) is 31.2 Å². The second-order valence-corrected chi connectivity index (χ2v) is 7.64. The first-order valence-electron chi connectivity index (χ1n) is 7.38. The Bertz CT molecular complexity index is 977. The average Bonchev–Trinajstić information content (AvgIpc) is 2.88. The molecule has 0 atom stereocenters. The van der Waals surface area contributed by atoms with E-state index in [9.17, 15) is 8.42 Å². The molecule has 0 saturated heterocycles. The van der Waals surface area contributed by atoms with E-state index in [-0.39, 0.29) is 4.90 Å². The lowest BCUT2D eigenvalue weighted by atomic mass is 10.1. The molecule has 0 aliphatic rings. The molecule has 3 rings (SSSR count). The number of rotatable bonds is 4. The Balaban J connectivity index is 1.95. The van der Waals surface area contributed by atoms with Crippen LogP contribution in [-0.4, -0.2) is 13.0 Å². The van der Waals surface area contributed by atoms with Gasteiger partial charge in [0.15, 0.2) is 0 Å². The molecule has 0 aliphatic carbocycles. The minimum absolute atomic E-state index is 0.116. The Morgan fingerprint density at radius 2 is 1.75 bits per heavy atom. The SMILES string of the molecule is Cc1ccc(-c2cccc(Cl)c2)n1Cc1ccc(S(N)(=O)=O)cc1. The van der Waals surface area contributed by atoms with Gasteiger partial charge < -0.3 is 4.57 Å². The number of nitrogens with zero attached hydrogens (tertiary/aromatic N) is 1. The van der Waals surface area contributed by atoms with E-state index < -0.39 is 10.0 Å². The Morgan fingerprint density at radius 3 is 2.38 bits per heavy atom. The van der Waals surface area contributed by atoms with Crippen molar-refractivity contribution in [1.82, 2.24) is 4.57 Å². The maximum Gasteiger partial charge on any atom is 0.238 e. The van der Waals surface area contributed by atoms with E-state index in [1.54, 1.807) is 12.1 Å². The molecule has 0 saturated carbocycles. The molecule has 0 spiro atoms. The van der Waals surface area contributed by atoms with Gasteiger partial charge in [-0.05, 0) is 54.4 Å². The van der Waals surface area contributed by atoms with Crippen molar-refractivity contribution < 1.29 is 8.42 Å². The number of sulfonamides is 1. The first kappa shape index (κ1) is 16.8. The van der Waals surface area contributed by atoms with Gasteiger partial charge in [-0.25, -0.2) is 13.6 Å². The topological polar surface area (TPSA) is 65.1 Å². The number of nitrogens with two attached hydrogens (primary N) is 1. The summed E-state index contributed by atoms with van der Waals surface area (Å²) in [5.74, 6) is 0. The second-order valence-electron chi connectivity index (χ2n) is 5.65. The third-order valence-electron chi connectivity index (χ3n) is 3.91. The monoisotopic (exact) mass is 360 g/mol. The quantitative estimate of drug-likeness (QED) is 0.768. The molecule has 0 radical (unpaired) electrons. The number of hydrogen-bond donors (Lipinski definition) is 1. The molecule has 6 heteroatoms. The van der Waals surface area contributed by atoms with Crippen molar-refractivity contribution in [2.45, 2.75) is 18.4 Å². The fourth-order valence-corrected chi connectivity index (χ4v) is 3.35. The zero-order valence-electron chi connectivity index (χ0n) is 13.1. The van der Waals surface area contributed by atoms with Crippen LogP contribution in [0.3, 0.4) is 0 Å². The predicted molar refractivity (Wildman–Crippen MR) is 96.5 cm³/mol. The molecule has 124 valence electrons. The van der Waals surface area contributed by atoms with Gasteiger partial charge in [0.25, 0.3) is 0 Å². The zero-order chi connectivity index (χ0) is 17.3. The molecular formula is C18H17ClN2O2S. The van der Waals surface area contributed by atoms with Crippen molar-refractivity contribution in [3.8, 4) is 11.3 Å². The standard InChI is InChI=1S/C18H17ClN2O2S/c1-13-5-10-18(15-3-2-4-16(19)11-15)21(13)12-14-6-8-17(9-7-14)24(20,22)23/h2-11H,12H2,1H3,(H2,20,22,23). The minimum Gasteiger partial charge on any atom is -0.340 e. The zero-order valence-corrected chi connectivity index (χ0v) is 14.7. The van der Waals surface area contributed by atoms with Crippen molar-refractivity contribution in [2.24, 2.45) is 5.14 Å². The molecule has 2 aromatic carbocycles. The lowest BCUT2D eigenvalue weighted by Gasteiger charge is -2.13. The van der Waals surface area contributed by atoms with Gasteiger partial charge in [0.2, 0.25) is 10.0 Å². The van der Waals surface area contributed by atoms with Gasteiger partial charge in [0.05, 0.1) is 4.90 Å². The lowest BCUT2D eigenvalue weighted by molar-refractivity contribution is 0.597. The Labute approximate surface area is 146 Å². The summed E-state index contributed by atoms with van der Waals surface area (Å²) in [5, 5.41) is 5.83.